The average molecular weight is 274 g/mol. The lowest BCUT2D eigenvalue weighted by molar-refractivity contribution is -0.153. The van der Waals surface area contributed by atoms with E-state index in [0.717, 1.165) is 24.2 Å². The number of fused-ring (bicyclic) bond motifs is 5. The van der Waals surface area contributed by atoms with Crippen LogP contribution in [0.2, 0.25) is 0 Å². The van der Waals surface area contributed by atoms with Crippen molar-refractivity contribution in [3.8, 4) is 0 Å². The van der Waals surface area contributed by atoms with Crippen molar-refractivity contribution in [3.63, 3.8) is 0 Å². The highest BCUT2D eigenvalue weighted by Gasteiger charge is 2.59. The van der Waals surface area contributed by atoms with E-state index >= 15 is 0 Å². The molecule has 0 amide bonds. The van der Waals surface area contributed by atoms with Crippen LogP contribution < -0.4 is 0 Å². The highest BCUT2D eigenvalue weighted by atomic mass is 16.1. The SMILES string of the molecule is C[C@]12CCC[C@@H]1[C@@H]1C(=O)C[C@H]3CCCC[C@]3(C)[C@@H]1CC2. The number of ketones is 1. The van der Waals surface area contributed by atoms with Gasteiger partial charge in [0.15, 0.2) is 0 Å². The molecule has 0 aromatic carbocycles. The second kappa shape index (κ2) is 4.34. The predicted octanol–water partition coefficient (Wildman–Crippen LogP) is 4.99. The second-order valence-corrected chi connectivity index (χ2v) is 8.94. The number of carbonyl (C=O) groups excluding carboxylic acids is 1. The Bertz CT molecular complexity index is 427. The summed E-state index contributed by atoms with van der Waals surface area (Å²) in [5.41, 5.74) is 1.01. The Kier molecular flexibility index (Phi) is 2.89. The summed E-state index contributed by atoms with van der Waals surface area (Å²) in [6.07, 6.45) is 13.3. The third-order valence-corrected chi connectivity index (χ3v) is 8.17. The first-order valence-electron chi connectivity index (χ1n) is 9.07. The summed E-state index contributed by atoms with van der Waals surface area (Å²) < 4.78 is 0. The highest BCUT2D eigenvalue weighted by Crippen LogP contribution is 2.65. The maximum atomic E-state index is 12.9. The van der Waals surface area contributed by atoms with Gasteiger partial charge in [0.2, 0.25) is 0 Å². The van der Waals surface area contributed by atoms with E-state index in [-0.39, 0.29) is 0 Å². The van der Waals surface area contributed by atoms with Crippen LogP contribution in [0.5, 0.6) is 0 Å². The minimum absolute atomic E-state index is 0.440. The highest BCUT2D eigenvalue weighted by molar-refractivity contribution is 5.83. The van der Waals surface area contributed by atoms with E-state index in [9.17, 15) is 4.79 Å². The Balaban J connectivity index is 1.71. The van der Waals surface area contributed by atoms with Gasteiger partial charge in [-0.1, -0.05) is 33.1 Å². The minimum Gasteiger partial charge on any atom is -0.299 e. The summed E-state index contributed by atoms with van der Waals surface area (Å²) in [6, 6.07) is 0. The fraction of sp³-hybridized carbons (Fsp3) is 0.947. The Morgan fingerprint density at radius 3 is 2.60 bits per heavy atom. The molecule has 0 aromatic rings. The molecule has 1 heteroatoms. The molecule has 0 radical (unpaired) electrons. The number of hydrogen-bond donors (Lipinski definition) is 0. The third-order valence-electron chi connectivity index (χ3n) is 8.17. The minimum atomic E-state index is 0.440. The number of carbonyl (C=O) groups is 1. The molecule has 112 valence electrons. The van der Waals surface area contributed by atoms with Crippen molar-refractivity contribution in [3.05, 3.63) is 0 Å². The molecular weight excluding hydrogens is 244 g/mol. The molecule has 4 aliphatic carbocycles. The van der Waals surface area contributed by atoms with E-state index in [1.807, 2.05) is 0 Å². The first-order valence-corrected chi connectivity index (χ1v) is 9.07. The molecule has 0 aliphatic heterocycles. The lowest BCUT2D eigenvalue weighted by atomic mass is 9.45. The molecule has 0 saturated heterocycles. The van der Waals surface area contributed by atoms with Gasteiger partial charge in [-0.05, 0) is 67.1 Å². The average Bonchev–Trinajstić information content (AvgIpc) is 2.81. The summed E-state index contributed by atoms with van der Waals surface area (Å²) in [5, 5.41) is 0. The van der Waals surface area contributed by atoms with E-state index in [0.29, 0.717) is 22.5 Å². The molecule has 20 heavy (non-hydrogen) atoms. The van der Waals surface area contributed by atoms with Crippen molar-refractivity contribution < 1.29 is 4.79 Å². The van der Waals surface area contributed by atoms with Gasteiger partial charge in [0.1, 0.15) is 5.78 Å². The fourth-order valence-electron chi connectivity index (χ4n) is 6.95. The van der Waals surface area contributed by atoms with Gasteiger partial charge in [-0.15, -0.1) is 0 Å². The molecule has 4 saturated carbocycles. The van der Waals surface area contributed by atoms with Crippen molar-refractivity contribution in [1.29, 1.82) is 0 Å². The van der Waals surface area contributed by atoms with Crippen molar-refractivity contribution in [2.75, 3.05) is 0 Å². The van der Waals surface area contributed by atoms with Crippen molar-refractivity contribution >= 4 is 5.78 Å². The monoisotopic (exact) mass is 274 g/mol. The molecule has 0 N–H and O–H groups in total. The van der Waals surface area contributed by atoms with Crippen LogP contribution in [-0.2, 0) is 4.79 Å². The van der Waals surface area contributed by atoms with E-state index in [2.05, 4.69) is 13.8 Å². The molecular formula is C19H30O. The van der Waals surface area contributed by atoms with E-state index < -0.39 is 0 Å². The zero-order valence-electron chi connectivity index (χ0n) is 13.3. The number of hydrogen-bond acceptors (Lipinski definition) is 1. The molecule has 0 heterocycles. The lowest BCUT2D eigenvalue weighted by Crippen LogP contribution is -2.55. The van der Waals surface area contributed by atoms with Crippen molar-refractivity contribution in [2.24, 2.45) is 34.5 Å². The first-order chi connectivity index (χ1) is 9.55. The Morgan fingerprint density at radius 1 is 0.900 bits per heavy atom. The van der Waals surface area contributed by atoms with Crippen LogP contribution in [-0.4, -0.2) is 5.78 Å². The largest absolute Gasteiger partial charge is 0.299 e. The molecule has 0 spiro atoms. The van der Waals surface area contributed by atoms with Crippen LogP contribution in [0.4, 0.5) is 0 Å². The molecule has 4 fully saturated rings. The zero-order valence-corrected chi connectivity index (χ0v) is 13.3. The van der Waals surface area contributed by atoms with E-state index in [1.165, 1.54) is 57.8 Å². The number of Topliss-reactive ketones (excluding diaryl/α,β-unsaturated/α-hetero) is 1. The van der Waals surface area contributed by atoms with Crippen LogP contribution in [0, 0.1) is 34.5 Å². The summed E-state index contributed by atoms with van der Waals surface area (Å²) in [4.78, 5) is 12.9. The Labute approximate surface area is 123 Å². The van der Waals surface area contributed by atoms with Gasteiger partial charge in [-0.3, -0.25) is 4.79 Å². The maximum Gasteiger partial charge on any atom is 0.136 e. The standard InChI is InChI=1S/C19H30O/c1-18-9-5-7-14(18)17-15(8-11-18)19(2)10-4-3-6-13(19)12-16(17)20/h13-15,17H,3-12H2,1-2H3/t13-,14-,15-,17+,18-,19+/m1/s1. The molecule has 0 unspecified atom stereocenters. The predicted molar refractivity (Wildman–Crippen MR) is 81.4 cm³/mol. The molecule has 6 atom stereocenters. The Hall–Kier alpha value is -0.330. The first kappa shape index (κ1) is 13.3. The molecule has 1 nitrogen and oxygen atoms in total. The van der Waals surface area contributed by atoms with Crippen LogP contribution in [0.1, 0.15) is 78.1 Å². The topological polar surface area (TPSA) is 17.1 Å². The maximum absolute atomic E-state index is 12.9. The summed E-state index contributed by atoms with van der Waals surface area (Å²) in [7, 11) is 0. The van der Waals surface area contributed by atoms with Crippen molar-refractivity contribution in [1.82, 2.24) is 0 Å². The molecule has 0 bridgehead atoms. The second-order valence-electron chi connectivity index (χ2n) is 8.94. The smallest absolute Gasteiger partial charge is 0.136 e. The van der Waals surface area contributed by atoms with Crippen LogP contribution in [0.15, 0.2) is 0 Å². The molecule has 4 rings (SSSR count). The summed E-state index contributed by atoms with van der Waals surface area (Å²) in [5.74, 6) is 3.28. The quantitative estimate of drug-likeness (QED) is 0.608. The molecule has 4 aliphatic rings. The third kappa shape index (κ3) is 1.64. The van der Waals surface area contributed by atoms with E-state index in [1.54, 1.807) is 0 Å². The summed E-state index contributed by atoms with van der Waals surface area (Å²) in [6.45, 7) is 5.04. The number of rotatable bonds is 0. The van der Waals surface area contributed by atoms with Gasteiger partial charge >= 0.3 is 0 Å². The van der Waals surface area contributed by atoms with Crippen LogP contribution in [0.3, 0.4) is 0 Å². The van der Waals surface area contributed by atoms with Gasteiger partial charge < -0.3 is 0 Å². The zero-order chi connectivity index (χ0) is 14.0. The van der Waals surface area contributed by atoms with Crippen LogP contribution in [0.25, 0.3) is 0 Å². The van der Waals surface area contributed by atoms with Crippen LogP contribution >= 0.6 is 0 Å². The van der Waals surface area contributed by atoms with Gasteiger partial charge in [-0.2, -0.15) is 0 Å². The van der Waals surface area contributed by atoms with Gasteiger partial charge in [-0.25, -0.2) is 0 Å². The summed E-state index contributed by atoms with van der Waals surface area (Å²) >= 11 is 0. The molecule has 0 aromatic heterocycles. The van der Waals surface area contributed by atoms with E-state index in [4.69, 9.17) is 0 Å². The van der Waals surface area contributed by atoms with Gasteiger partial charge in [0, 0.05) is 12.3 Å². The Morgan fingerprint density at radius 2 is 1.75 bits per heavy atom. The van der Waals surface area contributed by atoms with Gasteiger partial charge in [0.05, 0.1) is 0 Å². The van der Waals surface area contributed by atoms with Crippen molar-refractivity contribution in [2.45, 2.75) is 78.1 Å². The normalized spacial score (nSPS) is 55.0. The fourth-order valence-corrected chi connectivity index (χ4v) is 6.95. The van der Waals surface area contributed by atoms with Gasteiger partial charge in [0.25, 0.3) is 0 Å². The lowest BCUT2D eigenvalue weighted by Gasteiger charge is -2.59.